The molecule has 0 aromatic heterocycles. The smallest absolute Gasteiger partial charge is 0.338 e. The zero-order valence-corrected chi connectivity index (χ0v) is 16.0. The molecule has 0 N–H and O–H groups in total. The first-order chi connectivity index (χ1) is 13.2. The van der Waals surface area contributed by atoms with Crippen molar-refractivity contribution in [3.8, 4) is 0 Å². The Morgan fingerprint density at radius 1 is 0.926 bits per heavy atom. The Labute approximate surface area is 163 Å². The van der Waals surface area contributed by atoms with Crippen molar-refractivity contribution < 1.29 is 9.53 Å². The monoisotopic (exact) mass is 372 g/mol. The minimum Gasteiger partial charge on any atom is -0.462 e. The summed E-state index contributed by atoms with van der Waals surface area (Å²) in [4.78, 5) is 14.6. The van der Waals surface area contributed by atoms with Gasteiger partial charge < -0.3 is 4.74 Å². The van der Waals surface area contributed by atoms with Crippen LogP contribution < -0.4 is 0 Å². The van der Waals surface area contributed by atoms with Crippen molar-refractivity contribution in [2.75, 3.05) is 6.61 Å². The summed E-state index contributed by atoms with van der Waals surface area (Å²) in [6, 6.07) is 22.5. The third kappa shape index (κ3) is 3.56. The van der Waals surface area contributed by atoms with Gasteiger partial charge in [-0.3, -0.25) is 0 Å². The first-order valence-corrected chi connectivity index (χ1v) is 9.83. The zero-order valence-electron chi connectivity index (χ0n) is 15.2. The van der Waals surface area contributed by atoms with Crippen molar-refractivity contribution in [1.82, 2.24) is 0 Å². The van der Waals surface area contributed by atoms with Gasteiger partial charge in [0.2, 0.25) is 0 Å². The molecule has 2 nitrogen and oxygen atoms in total. The molecule has 0 aliphatic carbocycles. The van der Waals surface area contributed by atoms with Gasteiger partial charge in [0.05, 0.1) is 12.2 Å². The van der Waals surface area contributed by atoms with Crippen LogP contribution in [-0.4, -0.2) is 12.6 Å². The molecule has 1 aliphatic rings. The van der Waals surface area contributed by atoms with Gasteiger partial charge in [-0.1, -0.05) is 54.7 Å². The number of hydrogen-bond donors (Lipinski definition) is 0. The van der Waals surface area contributed by atoms with Crippen LogP contribution in [0.5, 0.6) is 0 Å². The van der Waals surface area contributed by atoms with Crippen LogP contribution in [0.25, 0.3) is 5.57 Å². The minimum absolute atomic E-state index is 0.300. The fourth-order valence-corrected chi connectivity index (χ4v) is 4.35. The number of ether oxygens (including phenoxy) is 1. The molecule has 0 fully saturated rings. The summed E-state index contributed by atoms with van der Waals surface area (Å²) in [7, 11) is 0. The third-order valence-electron chi connectivity index (χ3n) is 4.70. The molecule has 0 saturated carbocycles. The number of carbonyl (C=O) groups is 1. The van der Waals surface area contributed by atoms with Crippen molar-refractivity contribution in [3.05, 3.63) is 101 Å². The summed E-state index contributed by atoms with van der Waals surface area (Å²) >= 11 is 1.82. The Kier molecular flexibility index (Phi) is 4.87. The van der Waals surface area contributed by atoms with Gasteiger partial charge in [0, 0.05) is 9.79 Å². The van der Waals surface area contributed by atoms with Crippen LogP contribution in [-0.2, 0) is 11.2 Å². The van der Waals surface area contributed by atoms with E-state index in [-0.39, 0.29) is 5.97 Å². The molecular formula is C24H20O2S. The molecule has 3 heteroatoms. The van der Waals surface area contributed by atoms with Crippen LogP contribution in [0.3, 0.4) is 0 Å². The van der Waals surface area contributed by atoms with E-state index in [0.717, 1.165) is 23.1 Å². The van der Waals surface area contributed by atoms with Gasteiger partial charge >= 0.3 is 5.97 Å². The van der Waals surface area contributed by atoms with Gasteiger partial charge in [0.25, 0.3) is 0 Å². The van der Waals surface area contributed by atoms with Crippen LogP contribution in [0.4, 0.5) is 0 Å². The summed E-state index contributed by atoms with van der Waals surface area (Å²) in [6.45, 7) is 6.45. The maximum absolute atomic E-state index is 12.0. The molecule has 1 heterocycles. The Morgan fingerprint density at radius 2 is 1.67 bits per heavy atom. The molecular weight excluding hydrogens is 352 g/mol. The molecule has 0 amide bonds. The van der Waals surface area contributed by atoms with Gasteiger partial charge in [0.1, 0.15) is 0 Å². The van der Waals surface area contributed by atoms with Gasteiger partial charge in [-0.05, 0) is 71.5 Å². The number of rotatable bonds is 4. The molecule has 0 unspecified atom stereocenters. The summed E-state index contributed by atoms with van der Waals surface area (Å²) in [5, 5.41) is 0. The van der Waals surface area contributed by atoms with Crippen LogP contribution in [0, 0.1) is 0 Å². The number of benzene rings is 3. The van der Waals surface area contributed by atoms with Crippen molar-refractivity contribution in [2.24, 2.45) is 0 Å². The minimum atomic E-state index is -0.300. The van der Waals surface area contributed by atoms with Crippen molar-refractivity contribution in [2.45, 2.75) is 23.1 Å². The standard InChI is InChI=1S/C24H20O2S/c1-3-26-24(25)20-9-6-8-17(13-20)16(2)18-11-12-23-21(14-18)15-19-7-4-5-10-22(19)27-23/h4-14H,2-3,15H2,1H3. The van der Waals surface area contributed by atoms with E-state index in [0.29, 0.717) is 12.2 Å². The molecule has 3 aromatic rings. The fourth-order valence-electron chi connectivity index (χ4n) is 3.29. The van der Waals surface area contributed by atoms with E-state index in [1.807, 2.05) is 36.9 Å². The summed E-state index contributed by atoms with van der Waals surface area (Å²) in [5.74, 6) is -0.300. The van der Waals surface area contributed by atoms with Gasteiger partial charge in [-0.2, -0.15) is 0 Å². The topological polar surface area (TPSA) is 26.3 Å². The lowest BCUT2D eigenvalue weighted by Crippen LogP contribution is -2.05. The predicted molar refractivity (Wildman–Crippen MR) is 110 cm³/mol. The molecule has 27 heavy (non-hydrogen) atoms. The van der Waals surface area contributed by atoms with Gasteiger partial charge in [0.15, 0.2) is 0 Å². The highest BCUT2D eigenvalue weighted by Gasteiger charge is 2.17. The van der Waals surface area contributed by atoms with E-state index in [1.165, 1.54) is 20.9 Å². The van der Waals surface area contributed by atoms with Crippen LogP contribution in [0.15, 0.2) is 83.1 Å². The molecule has 3 aromatic carbocycles. The second-order valence-corrected chi connectivity index (χ2v) is 7.57. The maximum atomic E-state index is 12.0. The fraction of sp³-hybridized carbons (Fsp3) is 0.125. The van der Waals surface area contributed by atoms with Gasteiger partial charge in [-0.25, -0.2) is 4.79 Å². The Morgan fingerprint density at radius 3 is 2.52 bits per heavy atom. The molecule has 0 spiro atoms. The molecule has 1 aliphatic heterocycles. The molecule has 134 valence electrons. The summed E-state index contributed by atoms with van der Waals surface area (Å²) < 4.78 is 5.10. The Hall–Kier alpha value is -2.78. The number of hydrogen-bond acceptors (Lipinski definition) is 3. The van der Waals surface area contributed by atoms with E-state index in [2.05, 4.69) is 49.0 Å². The molecule has 0 radical (unpaired) electrons. The van der Waals surface area contributed by atoms with Crippen LogP contribution in [0.1, 0.15) is 39.5 Å². The van der Waals surface area contributed by atoms with E-state index < -0.39 is 0 Å². The van der Waals surface area contributed by atoms with Crippen LogP contribution in [0.2, 0.25) is 0 Å². The van der Waals surface area contributed by atoms with Crippen LogP contribution >= 0.6 is 11.8 Å². The van der Waals surface area contributed by atoms with E-state index in [4.69, 9.17) is 4.74 Å². The highest BCUT2D eigenvalue weighted by atomic mass is 32.2. The maximum Gasteiger partial charge on any atom is 0.338 e. The Balaban J connectivity index is 1.63. The third-order valence-corrected chi connectivity index (χ3v) is 5.94. The number of fused-ring (bicyclic) bond motifs is 2. The quantitative estimate of drug-likeness (QED) is 0.412. The van der Waals surface area contributed by atoms with Crippen molar-refractivity contribution in [3.63, 3.8) is 0 Å². The first kappa shape index (κ1) is 17.6. The highest BCUT2D eigenvalue weighted by molar-refractivity contribution is 7.99. The largest absolute Gasteiger partial charge is 0.462 e. The van der Waals surface area contributed by atoms with Crippen molar-refractivity contribution >= 4 is 23.3 Å². The zero-order chi connectivity index (χ0) is 18.8. The normalized spacial score (nSPS) is 12.0. The Bertz CT molecular complexity index is 1040. The second kappa shape index (κ2) is 7.45. The van der Waals surface area contributed by atoms with Crippen molar-refractivity contribution in [1.29, 1.82) is 0 Å². The average Bonchev–Trinajstić information content (AvgIpc) is 2.71. The molecule has 0 saturated heterocycles. The molecule has 0 bridgehead atoms. The summed E-state index contributed by atoms with van der Waals surface area (Å²) in [5.41, 5.74) is 6.16. The SMILES string of the molecule is C=C(c1cccc(C(=O)OCC)c1)c1ccc2c(c1)Cc1ccccc1S2. The first-order valence-electron chi connectivity index (χ1n) is 9.01. The second-order valence-electron chi connectivity index (χ2n) is 6.49. The number of carbonyl (C=O) groups excluding carboxylic acids is 1. The lowest BCUT2D eigenvalue weighted by molar-refractivity contribution is 0.0526. The van der Waals surface area contributed by atoms with E-state index >= 15 is 0 Å². The predicted octanol–water partition coefficient (Wildman–Crippen LogP) is 5.98. The lowest BCUT2D eigenvalue weighted by atomic mass is 9.94. The highest BCUT2D eigenvalue weighted by Crippen LogP contribution is 2.40. The molecule has 4 rings (SSSR count). The van der Waals surface area contributed by atoms with Gasteiger partial charge in [-0.15, -0.1) is 0 Å². The summed E-state index contributed by atoms with van der Waals surface area (Å²) in [6.07, 6.45) is 0.933. The molecule has 0 atom stereocenters. The average molecular weight is 372 g/mol. The van der Waals surface area contributed by atoms with E-state index in [1.54, 1.807) is 6.07 Å². The van der Waals surface area contributed by atoms with E-state index in [9.17, 15) is 4.79 Å². The number of esters is 1. The lowest BCUT2D eigenvalue weighted by Gasteiger charge is -2.20.